The van der Waals surface area contributed by atoms with Gasteiger partial charge in [0.1, 0.15) is 0 Å². The fourth-order valence-electron chi connectivity index (χ4n) is 2.04. The standard InChI is InChI=1S/C12H16O3/c13-8-11-7-10(12(14)15-11)6-9-4-2-1-3-5-9/h1-5,10-14H,6-8H2. The summed E-state index contributed by atoms with van der Waals surface area (Å²) in [5, 5.41) is 18.6. The van der Waals surface area contributed by atoms with Crippen molar-refractivity contribution in [3.8, 4) is 0 Å². The molecule has 0 amide bonds. The molecule has 1 saturated heterocycles. The molecule has 1 aliphatic rings. The van der Waals surface area contributed by atoms with Gasteiger partial charge in [0, 0.05) is 5.92 Å². The van der Waals surface area contributed by atoms with Crippen molar-refractivity contribution in [2.24, 2.45) is 5.92 Å². The number of benzene rings is 1. The summed E-state index contributed by atoms with van der Waals surface area (Å²) in [7, 11) is 0. The molecular formula is C12H16O3. The summed E-state index contributed by atoms with van der Waals surface area (Å²) in [6, 6.07) is 10.0. The normalized spacial score (nSPS) is 30.7. The second kappa shape index (κ2) is 4.75. The van der Waals surface area contributed by atoms with Crippen molar-refractivity contribution >= 4 is 0 Å². The molecular weight excluding hydrogens is 192 g/mol. The molecule has 1 aliphatic heterocycles. The molecule has 0 radical (unpaired) electrons. The molecule has 0 spiro atoms. The Labute approximate surface area is 89.3 Å². The Hall–Kier alpha value is -0.900. The van der Waals surface area contributed by atoms with Crippen molar-refractivity contribution in [3.63, 3.8) is 0 Å². The van der Waals surface area contributed by atoms with E-state index < -0.39 is 6.29 Å². The maximum absolute atomic E-state index is 9.62. The molecule has 15 heavy (non-hydrogen) atoms. The van der Waals surface area contributed by atoms with E-state index in [9.17, 15) is 5.11 Å². The Morgan fingerprint density at radius 1 is 1.27 bits per heavy atom. The van der Waals surface area contributed by atoms with Crippen LogP contribution >= 0.6 is 0 Å². The molecule has 0 aliphatic carbocycles. The van der Waals surface area contributed by atoms with E-state index in [1.54, 1.807) is 0 Å². The maximum atomic E-state index is 9.62. The van der Waals surface area contributed by atoms with Crippen molar-refractivity contribution in [1.82, 2.24) is 0 Å². The number of aliphatic hydroxyl groups excluding tert-OH is 2. The lowest BCUT2D eigenvalue weighted by Gasteiger charge is -2.12. The molecule has 3 nitrogen and oxygen atoms in total. The first kappa shape index (κ1) is 10.6. The molecule has 82 valence electrons. The molecule has 0 bridgehead atoms. The van der Waals surface area contributed by atoms with Crippen LogP contribution in [0.25, 0.3) is 0 Å². The van der Waals surface area contributed by atoms with Crippen LogP contribution in [0.5, 0.6) is 0 Å². The van der Waals surface area contributed by atoms with Crippen LogP contribution in [0.2, 0.25) is 0 Å². The van der Waals surface area contributed by atoms with Crippen molar-refractivity contribution in [3.05, 3.63) is 35.9 Å². The predicted octanol–water partition coefficient (Wildman–Crippen LogP) is 0.945. The summed E-state index contributed by atoms with van der Waals surface area (Å²) in [5.41, 5.74) is 1.20. The van der Waals surface area contributed by atoms with Gasteiger partial charge in [-0.3, -0.25) is 0 Å². The third kappa shape index (κ3) is 2.56. The smallest absolute Gasteiger partial charge is 0.158 e. The highest BCUT2D eigenvalue weighted by atomic mass is 16.6. The third-order valence-electron chi connectivity index (χ3n) is 2.85. The minimum atomic E-state index is -0.734. The maximum Gasteiger partial charge on any atom is 0.158 e. The number of hydrogen-bond acceptors (Lipinski definition) is 3. The molecule has 3 unspecified atom stereocenters. The highest BCUT2D eigenvalue weighted by molar-refractivity contribution is 5.15. The van der Waals surface area contributed by atoms with E-state index in [4.69, 9.17) is 9.84 Å². The van der Waals surface area contributed by atoms with Crippen LogP contribution in [0.1, 0.15) is 12.0 Å². The van der Waals surface area contributed by atoms with Gasteiger partial charge in [-0.05, 0) is 18.4 Å². The largest absolute Gasteiger partial charge is 0.394 e. The van der Waals surface area contributed by atoms with Gasteiger partial charge in [-0.2, -0.15) is 0 Å². The highest BCUT2D eigenvalue weighted by Crippen LogP contribution is 2.27. The SMILES string of the molecule is OCC1CC(Cc2ccccc2)C(O)O1. The summed E-state index contributed by atoms with van der Waals surface area (Å²) in [5.74, 6) is 0.101. The number of hydrogen-bond donors (Lipinski definition) is 2. The van der Waals surface area contributed by atoms with Crippen molar-refractivity contribution in [2.45, 2.75) is 25.2 Å². The number of rotatable bonds is 3. The molecule has 3 atom stereocenters. The lowest BCUT2D eigenvalue weighted by molar-refractivity contribution is -0.116. The first-order chi connectivity index (χ1) is 7.29. The average molecular weight is 208 g/mol. The van der Waals surface area contributed by atoms with Gasteiger partial charge in [-0.25, -0.2) is 0 Å². The second-order valence-electron chi connectivity index (χ2n) is 4.02. The Bertz CT molecular complexity index is 299. The molecule has 0 saturated carbocycles. The van der Waals surface area contributed by atoms with Crippen LogP contribution in [-0.2, 0) is 11.2 Å². The van der Waals surface area contributed by atoms with Crippen molar-refractivity contribution < 1.29 is 14.9 Å². The van der Waals surface area contributed by atoms with Gasteiger partial charge < -0.3 is 14.9 Å². The topological polar surface area (TPSA) is 49.7 Å². The Balaban J connectivity index is 1.96. The van der Waals surface area contributed by atoms with Gasteiger partial charge in [-0.15, -0.1) is 0 Å². The Morgan fingerprint density at radius 2 is 2.00 bits per heavy atom. The van der Waals surface area contributed by atoms with E-state index in [-0.39, 0.29) is 18.6 Å². The quantitative estimate of drug-likeness (QED) is 0.777. The van der Waals surface area contributed by atoms with E-state index in [0.717, 1.165) is 12.8 Å². The Kier molecular flexibility index (Phi) is 3.36. The van der Waals surface area contributed by atoms with Crippen LogP contribution in [0.15, 0.2) is 30.3 Å². The lowest BCUT2D eigenvalue weighted by atomic mass is 9.96. The highest BCUT2D eigenvalue weighted by Gasteiger charge is 2.33. The summed E-state index contributed by atoms with van der Waals surface area (Å²) in [6.07, 6.45) is 0.599. The molecule has 2 rings (SSSR count). The van der Waals surface area contributed by atoms with Crippen LogP contribution in [0, 0.1) is 5.92 Å². The van der Waals surface area contributed by atoms with E-state index in [1.807, 2.05) is 30.3 Å². The van der Waals surface area contributed by atoms with Gasteiger partial charge in [-0.1, -0.05) is 30.3 Å². The van der Waals surface area contributed by atoms with Crippen LogP contribution in [0.4, 0.5) is 0 Å². The van der Waals surface area contributed by atoms with E-state index in [0.29, 0.717) is 0 Å². The van der Waals surface area contributed by atoms with E-state index in [2.05, 4.69) is 0 Å². The molecule has 3 heteroatoms. The van der Waals surface area contributed by atoms with Gasteiger partial charge in [0.05, 0.1) is 12.7 Å². The van der Waals surface area contributed by atoms with Gasteiger partial charge >= 0.3 is 0 Å². The fraction of sp³-hybridized carbons (Fsp3) is 0.500. The minimum Gasteiger partial charge on any atom is -0.394 e. The molecule has 0 aromatic heterocycles. The second-order valence-corrected chi connectivity index (χ2v) is 4.02. The third-order valence-corrected chi connectivity index (χ3v) is 2.85. The zero-order valence-electron chi connectivity index (χ0n) is 8.54. The zero-order chi connectivity index (χ0) is 10.7. The van der Waals surface area contributed by atoms with Crippen LogP contribution in [0.3, 0.4) is 0 Å². The summed E-state index contributed by atoms with van der Waals surface area (Å²) in [6.45, 7) is -0.0116. The Morgan fingerprint density at radius 3 is 2.60 bits per heavy atom. The van der Waals surface area contributed by atoms with Gasteiger partial charge in [0.15, 0.2) is 6.29 Å². The molecule has 1 heterocycles. The summed E-state index contributed by atoms with van der Waals surface area (Å²) >= 11 is 0. The molecule has 1 aromatic rings. The first-order valence-electron chi connectivity index (χ1n) is 5.28. The molecule has 1 aromatic carbocycles. The van der Waals surface area contributed by atoms with Crippen LogP contribution in [-0.4, -0.2) is 29.2 Å². The first-order valence-corrected chi connectivity index (χ1v) is 5.28. The van der Waals surface area contributed by atoms with Gasteiger partial charge in [0.25, 0.3) is 0 Å². The van der Waals surface area contributed by atoms with E-state index >= 15 is 0 Å². The van der Waals surface area contributed by atoms with Gasteiger partial charge in [0.2, 0.25) is 0 Å². The van der Waals surface area contributed by atoms with Crippen molar-refractivity contribution in [1.29, 1.82) is 0 Å². The van der Waals surface area contributed by atoms with Crippen LogP contribution < -0.4 is 0 Å². The lowest BCUT2D eigenvalue weighted by Crippen LogP contribution is -2.17. The summed E-state index contributed by atoms with van der Waals surface area (Å²) < 4.78 is 5.20. The van der Waals surface area contributed by atoms with Crippen molar-refractivity contribution in [2.75, 3.05) is 6.61 Å². The number of aliphatic hydroxyl groups is 2. The fourth-order valence-corrected chi connectivity index (χ4v) is 2.04. The summed E-state index contributed by atoms with van der Waals surface area (Å²) in [4.78, 5) is 0. The minimum absolute atomic E-state index is 0.0116. The number of ether oxygens (including phenoxy) is 1. The predicted molar refractivity (Wildman–Crippen MR) is 56.2 cm³/mol. The van der Waals surface area contributed by atoms with E-state index in [1.165, 1.54) is 5.56 Å². The zero-order valence-corrected chi connectivity index (χ0v) is 8.54. The average Bonchev–Trinajstić information content (AvgIpc) is 2.61. The molecule has 1 fully saturated rings. The molecule has 2 N–H and O–H groups in total. The monoisotopic (exact) mass is 208 g/mol.